The van der Waals surface area contributed by atoms with Gasteiger partial charge >= 0.3 is 0 Å². The van der Waals surface area contributed by atoms with Crippen molar-refractivity contribution in [1.29, 1.82) is 0 Å². The lowest BCUT2D eigenvalue weighted by Crippen LogP contribution is -1.90. The summed E-state index contributed by atoms with van der Waals surface area (Å²) in [7, 11) is 1.59. The summed E-state index contributed by atoms with van der Waals surface area (Å²) in [5, 5.41) is 0. The Labute approximate surface area is 82.4 Å². The molecule has 69 valence electrons. The molecular formula is C11H9N2O. The van der Waals surface area contributed by atoms with Crippen molar-refractivity contribution in [3.63, 3.8) is 0 Å². The Hall–Kier alpha value is -1.90. The van der Waals surface area contributed by atoms with Crippen LogP contribution in [0.25, 0.3) is 11.4 Å². The highest BCUT2D eigenvalue weighted by atomic mass is 16.5. The van der Waals surface area contributed by atoms with E-state index in [-0.39, 0.29) is 0 Å². The number of methoxy groups -OCH3 is 1. The Bertz CT molecular complexity index is 415. The highest BCUT2D eigenvalue weighted by Crippen LogP contribution is 2.16. The van der Waals surface area contributed by atoms with Crippen molar-refractivity contribution in [3.05, 3.63) is 42.6 Å². The van der Waals surface area contributed by atoms with Gasteiger partial charge in [-0.2, -0.15) is 0 Å². The molecular weight excluding hydrogens is 176 g/mol. The normalized spacial score (nSPS) is 9.79. The van der Waals surface area contributed by atoms with E-state index in [2.05, 4.69) is 16.2 Å². The van der Waals surface area contributed by atoms with Gasteiger partial charge in [-0.1, -0.05) is 12.1 Å². The minimum absolute atomic E-state index is 0.591. The molecule has 0 N–H and O–H groups in total. The number of pyridine rings is 2. The summed E-state index contributed by atoms with van der Waals surface area (Å²) in [6, 6.07) is 11.1. The third-order valence-corrected chi connectivity index (χ3v) is 1.80. The summed E-state index contributed by atoms with van der Waals surface area (Å²) in [4.78, 5) is 8.34. The van der Waals surface area contributed by atoms with Crippen LogP contribution >= 0.6 is 0 Å². The van der Waals surface area contributed by atoms with Crippen LogP contribution in [0.1, 0.15) is 0 Å². The van der Waals surface area contributed by atoms with Gasteiger partial charge in [-0.15, -0.1) is 0 Å². The summed E-state index contributed by atoms with van der Waals surface area (Å²) in [6.45, 7) is 0. The van der Waals surface area contributed by atoms with E-state index in [4.69, 9.17) is 4.74 Å². The fourth-order valence-corrected chi connectivity index (χ4v) is 1.14. The van der Waals surface area contributed by atoms with Crippen LogP contribution in [-0.4, -0.2) is 17.1 Å². The second-order valence-electron chi connectivity index (χ2n) is 2.72. The van der Waals surface area contributed by atoms with E-state index in [0.29, 0.717) is 5.88 Å². The van der Waals surface area contributed by atoms with E-state index in [1.54, 1.807) is 19.2 Å². The van der Waals surface area contributed by atoms with Crippen molar-refractivity contribution in [1.82, 2.24) is 9.97 Å². The molecule has 0 saturated carbocycles. The van der Waals surface area contributed by atoms with Gasteiger partial charge in [0.25, 0.3) is 0 Å². The fourth-order valence-electron chi connectivity index (χ4n) is 1.14. The van der Waals surface area contributed by atoms with E-state index in [0.717, 1.165) is 11.4 Å². The first-order valence-electron chi connectivity index (χ1n) is 4.24. The Kier molecular flexibility index (Phi) is 2.40. The topological polar surface area (TPSA) is 35.0 Å². The second kappa shape index (κ2) is 3.87. The molecule has 0 atom stereocenters. The molecule has 0 fully saturated rings. The quantitative estimate of drug-likeness (QED) is 0.717. The zero-order valence-corrected chi connectivity index (χ0v) is 7.77. The van der Waals surface area contributed by atoms with Gasteiger partial charge in [-0.05, 0) is 18.2 Å². The lowest BCUT2D eigenvalue weighted by atomic mass is 10.2. The molecule has 1 radical (unpaired) electrons. The largest absolute Gasteiger partial charge is 0.481 e. The molecule has 0 bridgehead atoms. The van der Waals surface area contributed by atoms with Crippen LogP contribution in [0.3, 0.4) is 0 Å². The number of hydrogen-bond acceptors (Lipinski definition) is 3. The smallest absolute Gasteiger partial charge is 0.213 e. The van der Waals surface area contributed by atoms with Crippen molar-refractivity contribution < 1.29 is 4.74 Å². The first kappa shape index (κ1) is 8.69. The van der Waals surface area contributed by atoms with Gasteiger partial charge in [0, 0.05) is 6.07 Å². The van der Waals surface area contributed by atoms with Crippen LogP contribution in [0.15, 0.2) is 36.4 Å². The Morgan fingerprint density at radius 2 is 2.00 bits per heavy atom. The van der Waals surface area contributed by atoms with E-state index in [1.807, 2.05) is 24.3 Å². The van der Waals surface area contributed by atoms with Crippen LogP contribution in [0, 0.1) is 6.20 Å². The van der Waals surface area contributed by atoms with Crippen LogP contribution < -0.4 is 4.74 Å². The monoisotopic (exact) mass is 185 g/mol. The minimum Gasteiger partial charge on any atom is -0.481 e. The van der Waals surface area contributed by atoms with Crippen LogP contribution in [-0.2, 0) is 0 Å². The molecule has 0 aliphatic heterocycles. The number of hydrogen-bond donors (Lipinski definition) is 0. The van der Waals surface area contributed by atoms with Crippen LogP contribution in [0.5, 0.6) is 5.88 Å². The van der Waals surface area contributed by atoms with Crippen molar-refractivity contribution >= 4 is 0 Å². The van der Waals surface area contributed by atoms with E-state index < -0.39 is 0 Å². The molecule has 0 amide bonds. The molecule has 3 nitrogen and oxygen atoms in total. The summed E-state index contributed by atoms with van der Waals surface area (Å²) in [6.07, 6.45) is 2.77. The Morgan fingerprint density at radius 1 is 1.14 bits per heavy atom. The highest BCUT2D eigenvalue weighted by Gasteiger charge is 2.00. The van der Waals surface area contributed by atoms with E-state index in [1.165, 1.54) is 0 Å². The molecule has 0 unspecified atom stereocenters. The molecule has 0 aliphatic carbocycles. The number of ether oxygens (including phenoxy) is 1. The summed E-state index contributed by atoms with van der Waals surface area (Å²) in [5.74, 6) is 0.591. The average molecular weight is 185 g/mol. The minimum atomic E-state index is 0.591. The second-order valence-corrected chi connectivity index (χ2v) is 2.72. The van der Waals surface area contributed by atoms with Gasteiger partial charge in [-0.25, -0.2) is 9.97 Å². The van der Waals surface area contributed by atoms with Gasteiger partial charge in [0.1, 0.15) is 0 Å². The molecule has 0 saturated heterocycles. The molecule has 2 aromatic heterocycles. The van der Waals surface area contributed by atoms with Gasteiger partial charge in [0.15, 0.2) is 0 Å². The predicted octanol–water partition coefficient (Wildman–Crippen LogP) is 1.95. The van der Waals surface area contributed by atoms with Gasteiger partial charge in [0.2, 0.25) is 5.88 Å². The third kappa shape index (κ3) is 1.71. The lowest BCUT2D eigenvalue weighted by Gasteiger charge is -2.01. The number of nitrogens with zero attached hydrogens (tertiary/aromatic N) is 2. The molecule has 2 heterocycles. The Morgan fingerprint density at radius 3 is 2.71 bits per heavy atom. The average Bonchev–Trinajstić information content (AvgIpc) is 2.30. The first-order chi connectivity index (χ1) is 6.90. The van der Waals surface area contributed by atoms with Crippen molar-refractivity contribution in [2.24, 2.45) is 0 Å². The van der Waals surface area contributed by atoms with Crippen molar-refractivity contribution in [3.8, 4) is 17.3 Å². The first-order valence-corrected chi connectivity index (χ1v) is 4.24. The van der Waals surface area contributed by atoms with E-state index in [9.17, 15) is 0 Å². The van der Waals surface area contributed by atoms with Gasteiger partial charge < -0.3 is 4.74 Å². The maximum atomic E-state index is 5.03. The van der Waals surface area contributed by atoms with E-state index >= 15 is 0 Å². The maximum Gasteiger partial charge on any atom is 0.213 e. The standard InChI is InChI=1S/C11H9N2O/c1-14-11-7-4-6-10(13-11)9-5-2-3-8-12-9/h2-7H,1H3. The molecule has 0 spiro atoms. The molecule has 0 aromatic carbocycles. The fraction of sp³-hybridized carbons (Fsp3) is 0.0909. The summed E-state index contributed by atoms with van der Waals surface area (Å²) < 4.78 is 5.03. The van der Waals surface area contributed by atoms with Crippen LogP contribution in [0.2, 0.25) is 0 Å². The van der Waals surface area contributed by atoms with Gasteiger partial charge in [0.05, 0.1) is 24.7 Å². The summed E-state index contributed by atoms with van der Waals surface area (Å²) in [5.41, 5.74) is 1.59. The third-order valence-electron chi connectivity index (χ3n) is 1.80. The van der Waals surface area contributed by atoms with Crippen LogP contribution in [0.4, 0.5) is 0 Å². The molecule has 2 rings (SSSR count). The SMILES string of the molecule is COc1cccc(-c2ccc[c]n2)n1. The zero-order valence-electron chi connectivity index (χ0n) is 7.77. The molecule has 2 aromatic rings. The predicted molar refractivity (Wildman–Crippen MR) is 52.9 cm³/mol. The van der Waals surface area contributed by atoms with Crippen molar-refractivity contribution in [2.75, 3.05) is 7.11 Å². The zero-order chi connectivity index (χ0) is 9.80. The molecule has 0 aliphatic rings. The van der Waals surface area contributed by atoms with Gasteiger partial charge in [-0.3, -0.25) is 0 Å². The Balaban J connectivity index is 2.42. The maximum absolute atomic E-state index is 5.03. The summed E-state index contributed by atoms with van der Waals surface area (Å²) >= 11 is 0. The molecule has 3 heteroatoms. The highest BCUT2D eigenvalue weighted by molar-refractivity contribution is 5.53. The number of rotatable bonds is 2. The number of aromatic nitrogens is 2. The molecule has 14 heavy (non-hydrogen) atoms. The van der Waals surface area contributed by atoms with Crippen molar-refractivity contribution in [2.45, 2.75) is 0 Å². The lowest BCUT2D eigenvalue weighted by molar-refractivity contribution is 0.398.